The third kappa shape index (κ3) is 1.76. The van der Waals surface area contributed by atoms with Crippen LogP contribution in [0.5, 0.6) is 5.75 Å². The predicted molar refractivity (Wildman–Crippen MR) is 49.8 cm³/mol. The Labute approximate surface area is 80.0 Å². The summed E-state index contributed by atoms with van der Waals surface area (Å²) in [5, 5.41) is 17.8. The number of carbonyl (C=O) groups is 1. The van der Waals surface area contributed by atoms with Crippen molar-refractivity contribution in [1.82, 2.24) is 4.98 Å². The number of rotatable bonds is 2. The van der Waals surface area contributed by atoms with Gasteiger partial charge in [-0.05, 0) is 12.0 Å². The molecular formula is C9H11NO4. The van der Waals surface area contributed by atoms with Crippen LogP contribution < -0.4 is 5.56 Å². The molecule has 0 aliphatic carbocycles. The van der Waals surface area contributed by atoms with E-state index in [2.05, 4.69) is 4.98 Å². The number of hydrogen-bond donors (Lipinski definition) is 3. The summed E-state index contributed by atoms with van der Waals surface area (Å²) < 4.78 is 0. The molecule has 0 radical (unpaired) electrons. The van der Waals surface area contributed by atoms with Crippen LogP contribution in [0.25, 0.3) is 0 Å². The molecule has 0 saturated carbocycles. The maximum Gasteiger partial charge on any atom is 0.339 e. The molecule has 0 aliphatic rings. The van der Waals surface area contributed by atoms with Crippen LogP contribution in [0.1, 0.15) is 35.8 Å². The van der Waals surface area contributed by atoms with Crippen LogP contribution in [0.3, 0.4) is 0 Å². The van der Waals surface area contributed by atoms with Gasteiger partial charge in [-0.15, -0.1) is 0 Å². The Morgan fingerprint density at radius 2 is 2.07 bits per heavy atom. The number of aromatic nitrogens is 1. The van der Waals surface area contributed by atoms with Crippen molar-refractivity contribution < 1.29 is 15.0 Å². The molecular weight excluding hydrogens is 186 g/mol. The summed E-state index contributed by atoms with van der Waals surface area (Å²) >= 11 is 0. The van der Waals surface area contributed by atoms with Crippen molar-refractivity contribution in [3.05, 3.63) is 27.7 Å². The van der Waals surface area contributed by atoms with Crippen LogP contribution in [-0.4, -0.2) is 21.2 Å². The first-order valence-corrected chi connectivity index (χ1v) is 4.13. The molecule has 5 heteroatoms. The van der Waals surface area contributed by atoms with Crippen LogP contribution >= 0.6 is 0 Å². The number of aromatic hydroxyl groups is 1. The van der Waals surface area contributed by atoms with Crippen molar-refractivity contribution in [3.8, 4) is 5.75 Å². The van der Waals surface area contributed by atoms with Gasteiger partial charge < -0.3 is 15.2 Å². The summed E-state index contributed by atoms with van der Waals surface area (Å²) in [5.41, 5.74) is -0.642. The van der Waals surface area contributed by atoms with Crippen LogP contribution in [0.15, 0.2) is 10.9 Å². The molecule has 76 valence electrons. The number of carboxylic acids is 1. The van der Waals surface area contributed by atoms with E-state index in [4.69, 9.17) is 10.2 Å². The number of aromatic amines is 1. The number of nitrogens with one attached hydrogen (secondary N) is 1. The van der Waals surface area contributed by atoms with Gasteiger partial charge in [0.2, 0.25) is 0 Å². The zero-order valence-corrected chi connectivity index (χ0v) is 7.87. The zero-order chi connectivity index (χ0) is 10.9. The maximum atomic E-state index is 11.1. The number of pyridine rings is 1. The van der Waals surface area contributed by atoms with Crippen molar-refractivity contribution in [2.24, 2.45) is 0 Å². The lowest BCUT2D eigenvalue weighted by atomic mass is 10.1. The second kappa shape index (κ2) is 3.53. The largest absolute Gasteiger partial charge is 0.502 e. The summed E-state index contributed by atoms with van der Waals surface area (Å²) in [7, 11) is 0. The third-order valence-electron chi connectivity index (χ3n) is 1.88. The fraction of sp³-hybridized carbons (Fsp3) is 0.333. The highest BCUT2D eigenvalue weighted by atomic mass is 16.4. The van der Waals surface area contributed by atoms with Gasteiger partial charge in [0, 0.05) is 5.69 Å². The van der Waals surface area contributed by atoms with E-state index < -0.39 is 17.3 Å². The molecule has 1 aromatic rings. The standard InChI is InChI=1S/C9H11NO4/c1-4(2)6-3-5(9(13)14)7(11)8(12)10-6/h3-4,11H,1-2H3,(H,10,12)(H,13,14). The van der Waals surface area contributed by atoms with Gasteiger partial charge in [-0.2, -0.15) is 0 Å². The summed E-state index contributed by atoms with van der Waals surface area (Å²) in [6, 6.07) is 1.27. The van der Waals surface area contributed by atoms with Gasteiger partial charge >= 0.3 is 5.97 Å². The smallest absolute Gasteiger partial charge is 0.339 e. The van der Waals surface area contributed by atoms with E-state index in [-0.39, 0.29) is 11.5 Å². The first-order chi connectivity index (χ1) is 6.43. The summed E-state index contributed by atoms with van der Waals surface area (Å²) in [6.07, 6.45) is 0. The lowest BCUT2D eigenvalue weighted by Crippen LogP contribution is -2.14. The molecule has 0 aromatic carbocycles. The highest BCUT2D eigenvalue weighted by Gasteiger charge is 2.15. The highest BCUT2D eigenvalue weighted by molar-refractivity contribution is 5.90. The lowest BCUT2D eigenvalue weighted by molar-refractivity contribution is 0.0693. The van der Waals surface area contributed by atoms with E-state index in [0.29, 0.717) is 5.69 Å². The average molecular weight is 197 g/mol. The van der Waals surface area contributed by atoms with Crippen molar-refractivity contribution in [3.63, 3.8) is 0 Å². The minimum absolute atomic E-state index is 0.00130. The Hall–Kier alpha value is -1.78. The molecule has 3 N–H and O–H groups in total. The van der Waals surface area contributed by atoms with Gasteiger partial charge in [0.25, 0.3) is 5.56 Å². The molecule has 1 heterocycles. The minimum atomic E-state index is -1.31. The Kier molecular flexibility index (Phi) is 2.60. The summed E-state index contributed by atoms with van der Waals surface area (Å²) in [6.45, 7) is 3.63. The second-order valence-corrected chi connectivity index (χ2v) is 3.28. The fourth-order valence-corrected chi connectivity index (χ4v) is 1.05. The van der Waals surface area contributed by atoms with E-state index in [9.17, 15) is 9.59 Å². The zero-order valence-electron chi connectivity index (χ0n) is 7.87. The van der Waals surface area contributed by atoms with Crippen LogP contribution in [0.2, 0.25) is 0 Å². The van der Waals surface area contributed by atoms with Crippen molar-refractivity contribution >= 4 is 5.97 Å². The SMILES string of the molecule is CC(C)c1cc(C(=O)O)c(O)c(=O)[nH]1. The predicted octanol–water partition coefficient (Wildman–Crippen LogP) is 0.902. The van der Waals surface area contributed by atoms with E-state index in [1.807, 2.05) is 13.8 Å². The van der Waals surface area contributed by atoms with Gasteiger partial charge in [-0.3, -0.25) is 4.79 Å². The third-order valence-corrected chi connectivity index (χ3v) is 1.88. The summed E-state index contributed by atoms with van der Waals surface area (Å²) in [5.74, 6) is -2.06. The molecule has 0 bridgehead atoms. The van der Waals surface area contributed by atoms with E-state index >= 15 is 0 Å². The van der Waals surface area contributed by atoms with E-state index in [1.165, 1.54) is 6.07 Å². The number of carboxylic acid groups (broad SMARTS) is 1. The molecule has 0 unspecified atom stereocenters. The Balaban J connectivity index is 3.43. The Morgan fingerprint density at radius 1 is 1.50 bits per heavy atom. The molecule has 0 aliphatic heterocycles. The fourth-order valence-electron chi connectivity index (χ4n) is 1.05. The van der Waals surface area contributed by atoms with Crippen molar-refractivity contribution in [2.45, 2.75) is 19.8 Å². The van der Waals surface area contributed by atoms with E-state index in [0.717, 1.165) is 0 Å². The van der Waals surface area contributed by atoms with Crippen LogP contribution in [0.4, 0.5) is 0 Å². The summed E-state index contributed by atoms with van der Waals surface area (Å²) in [4.78, 5) is 24.1. The molecule has 0 fully saturated rings. The molecule has 0 saturated heterocycles. The molecule has 0 amide bonds. The van der Waals surface area contributed by atoms with Gasteiger partial charge in [0.15, 0.2) is 5.75 Å². The average Bonchev–Trinajstić information content (AvgIpc) is 2.08. The molecule has 1 rings (SSSR count). The molecule has 14 heavy (non-hydrogen) atoms. The number of H-pyrrole nitrogens is 1. The Bertz CT molecular complexity index is 419. The molecule has 5 nitrogen and oxygen atoms in total. The van der Waals surface area contributed by atoms with Crippen LogP contribution in [-0.2, 0) is 0 Å². The minimum Gasteiger partial charge on any atom is -0.502 e. The first-order valence-electron chi connectivity index (χ1n) is 4.13. The normalized spacial score (nSPS) is 10.5. The highest BCUT2D eigenvalue weighted by Crippen LogP contribution is 2.16. The number of hydrogen-bond acceptors (Lipinski definition) is 3. The Morgan fingerprint density at radius 3 is 2.50 bits per heavy atom. The van der Waals surface area contributed by atoms with Gasteiger partial charge in [0.05, 0.1) is 0 Å². The molecule has 0 atom stereocenters. The van der Waals surface area contributed by atoms with Crippen molar-refractivity contribution in [1.29, 1.82) is 0 Å². The van der Waals surface area contributed by atoms with Gasteiger partial charge in [0.1, 0.15) is 5.56 Å². The quantitative estimate of drug-likeness (QED) is 0.657. The lowest BCUT2D eigenvalue weighted by Gasteiger charge is -2.06. The topological polar surface area (TPSA) is 90.4 Å². The molecule has 1 aromatic heterocycles. The van der Waals surface area contributed by atoms with Crippen LogP contribution in [0, 0.1) is 0 Å². The first kappa shape index (κ1) is 10.3. The van der Waals surface area contributed by atoms with Crippen molar-refractivity contribution in [2.75, 3.05) is 0 Å². The second-order valence-electron chi connectivity index (χ2n) is 3.28. The monoisotopic (exact) mass is 197 g/mol. The molecule has 0 spiro atoms. The van der Waals surface area contributed by atoms with Gasteiger partial charge in [-0.1, -0.05) is 13.8 Å². The van der Waals surface area contributed by atoms with Gasteiger partial charge in [-0.25, -0.2) is 4.79 Å². The van der Waals surface area contributed by atoms with E-state index in [1.54, 1.807) is 0 Å². The number of aromatic carboxylic acids is 1. The maximum absolute atomic E-state index is 11.1.